The molecule has 1 aliphatic carbocycles. The number of thiophene rings is 1. The third-order valence-electron chi connectivity index (χ3n) is 7.07. The summed E-state index contributed by atoms with van der Waals surface area (Å²) in [7, 11) is 0. The Hall–Kier alpha value is -1.89. The van der Waals surface area contributed by atoms with Crippen LogP contribution < -0.4 is 0 Å². The molecule has 3 heterocycles. The van der Waals surface area contributed by atoms with Crippen molar-refractivity contribution in [2.45, 2.75) is 45.4 Å². The molecule has 1 unspecified atom stereocenters. The van der Waals surface area contributed by atoms with Gasteiger partial charge in [0.25, 0.3) is 5.91 Å². The Morgan fingerprint density at radius 2 is 1.69 bits per heavy atom. The van der Waals surface area contributed by atoms with E-state index in [0.29, 0.717) is 32.7 Å². The van der Waals surface area contributed by atoms with Gasteiger partial charge in [0.1, 0.15) is 0 Å². The van der Waals surface area contributed by atoms with Crippen LogP contribution in [0.4, 0.5) is 0 Å². The molecule has 2 aliphatic heterocycles. The highest BCUT2D eigenvalue weighted by molar-refractivity contribution is 7.12. The Labute approximate surface area is 176 Å². The molecule has 3 fully saturated rings. The van der Waals surface area contributed by atoms with E-state index in [1.807, 2.05) is 32.2 Å². The Kier molecular flexibility index (Phi) is 5.95. The fraction of sp³-hybridized carbons (Fsp3) is 0.682. The van der Waals surface area contributed by atoms with Gasteiger partial charge in [0, 0.05) is 51.6 Å². The van der Waals surface area contributed by atoms with Crippen molar-refractivity contribution in [2.24, 2.45) is 11.3 Å². The number of amides is 3. The van der Waals surface area contributed by atoms with Gasteiger partial charge in [-0.25, -0.2) is 0 Å². The van der Waals surface area contributed by atoms with Gasteiger partial charge in [0.2, 0.25) is 11.8 Å². The Bertz CT molecular complexity index is 757. The van der Waals surface area contributed by atoms with E-state index in [4.69, 9.17) is 0 Å². The van der Waals surface area contributed by atoms with Gasteiger partial charge in [-0.15, -0.1) is 11.3 Å². The third kappa shape index (κ3) is 4.06. The molecule has 3 aliphatic rings. The largest absolute Gasteiger partial charge is 0.341 e. The van der Waals surface area contributed by atoms with E-state index >= 15 is 0 Å². The van der Waals surface area contributed by atoms with Crippen molar-refractivity contribution < 1.29 is 14.4 Å². The summed E-state index contributed by atoms with van der Waals surface area (Å²) in [4.78, 5) is 44.9. The molecule has 0 aromatic carbocycles. The van der Waals surface area contributed by atoms with Crippen LogP contribution in [-0.2, 0) is 9.59 Å². The van der Waals surface area contributed by atoms with Gasteiger partial charge in [0.15, 0.2) is 0 Å². The normalized spacial score (nSPS) is 24.6. The summed E-state index contributed by atoms with van der Waals surface area (Å²) in [5, 5.41) is 1.93. The van der Waals surface area contributed by atoms with Crippen molar-refractivity contribution in [1.82, 2.24) is 14.7 Å². The molecule has 3 amide bonds. The molecule has 2 saturated heterocycles. The van der Waals surface area contributed by atoms with Crippen LogP contribution in [0.15, 0.2) is 17.5 Å². The van der Waals surface area contributed by atoms with E-state index in [0.717, 1.165) is 43.5 Å². The van der Waals surface area contributed by atoms with Crippen molar-refractivity contribution >= 4 is 29.1 Å². The molecule has 1 saturated carbocycles. The maximum Gasteiger partial charge on any atom is 0.263 e. The summed E-state index contributed by atoms with van der Waals surface area (Å²) in [6.07, 6.45) is 6.39. The van der Waals surface area contributed by atoms with Crippen LogP contribution in [-0.4, -0.2) is 71.7 Å². The maximum atomic E-state index is 13.6. The SMILES string of the molecule is CC(=O)N1CCCN(C(=O)C2CN(C(=O)c3cccs3)CC23CCCCC3)CC1. The second-order valence-electron chi connectivity index (χ2n) is 8.82. The topological polar surface area (TPSA) is 60.9 Å². The molecule has 158 valence electrons. The number of carbonyl (C=O) groups excluding carboxylic acids is 3. The molecule has 7 heteroatoms. The monoisotopic (exact) mass is 417 g/mol. The summed E-state index contributed by atoms with van der Waals surface area (Å²) in [5.41, 5.74) is -0.0746. The second kappa shape index (κ2) is 8.46. The van der Waals surface area contributed by atoms with Crippen LogP contribution in [0.1, 0.15) is 55.1 Å². The molecule has 0 radical (unpaired) electrons. The van der Waals surface area contributed by atoms with Crippen molar-refractivity contribution in [3.63, 3.8) is 0 Å². The first-order valence-electron chi connectivity index (χ1n) is 10.9. The van der Waals surface area contributed by atoms with Crippen molar-refractivity contribution in [3.05, 3.63) is 22.4 Å². The lowest BCUT2D eigenvalue weighted by Gasteiger charge is -2.39. The smallest absolute Gasteiger partial charge is 0.263 e. The number of likely N-dealkylation sites (tertiary alicyclic amines) is 1. The Morgan fingerprint density at radius 1 is 0.966 bits per heavy atom. The van der Waals surface area contributed by atoms with E-state index in [1.165, 1.54) is 17.8 Å². The van der Waals surface area contributed by atoms with E-state index in [9.17, 15) is 14.4 Å². The predicted molar refractivity (Wildman–Crippen MR) is 113 cm³/mol. The van der Waals surface area contributed by atoms with E-state index in [1.54, 1.807) is 6.92 Å². The van der Waals surface area contributed by atoms with Crippen molar-refractivity contribution in [2.75, 3.05) is 39.3 Å². The van der Waals surface area contributed by atoms with Gasteiger partial charge in [-0.3, -0.25) is 14.4 Å². The zero-order valence-electron chi connectivity index (χ0n) is 17.3. The average Bonchev–Trinajstić information content (AvgIpc) is 3.30. The molecular weight excluding hydrogens is 386 g/mol. The van der Waals surface area contributed by atoms with E-state index in [-0.39, 0.29) is 29.1 Å². The molecule has 0 N–H and O–H groups in total. The van der Waals surface area contributed by atoms with Crippen molar-refractivity contribution in [3.8, 4) is 0 Å². The first kappa shape index (κ1) is 20.4. The van der Waals surface area contributed by atoms with Gasteiger partial charge >= 0.3 is 0 Å². The maximum absolute atomic E-state index is 13.6. The van der Waals surface area contributed by atoms with Crippen LogP contribution in [0.25, 0.3) is 0 Å². The number of hydrogen-bond donors (Lipinski definition) is 0. The van der Waals surface area contributed by atoms with Crippen LogP contribution in [0.3, 0.4) is 0 Å². The fourth-order valence-corrected chi connectivity index (χ4v) is 6.15. The molecular formula is C22H31N3O3S. The minimum absolute atomic E-state index is 0.0684. The van der Waals surface area contributed by atoms with Crippen LogP contribution in [0.2, 0.25) is 0 Å². The van der Waals surface area contributed by atoms with Gasteiger partial charge in [-0.1, -0.05) is 25.3 Å². The predicted octanol–water partition coefficient (Wildman–Crippen LogP) is 2.85. The quantitative estimate of drug-likeness (QED) is 0.743. The molecule has 6 nitrogen and oxygen atoms in total. The first-order valence-corrected chi connectivity index (χ1v) is 11.8. The van der Waals surface area contributed by atoms with E-state index < -0.39 is 0 Å². The highest BCUT2D eigenvalue weighted by Gasteiger charge is 2.52. The molecule has 0 bridgehead atoms. The summed E-state index contributed by atoms with van der Waals surface area (Å²) in [6, 6.07) is 3.78. The summed E-state index contributed by atoms with van der Waals surface area (Å²) in [6.45, 7) is 5.46. The van der Waals surface area contributed by atoms with Gasteiger partial charge in [-0.05, 0) is 30.7 Å². The standard InChI is InChI=1S/C22H31N3O3S/c1-17(26)23-10-6-11-24(13-12-23)20(27)18-15-25(21(28)19-7-5-14-29-19)16-22(18)8-3-2-4-9-22/h5,7,14,18H,2-4,6,8-13,15-16H2,1H3. The van der Waals surface area contributed by atoms with E-state index in [2.05, 4.69) is 0 Å². The number of rotatable bonds is 2. The number of hydrogen-bond acceptors (Lipinski definition) is 4. The second-order valence-corrected chi connectivity index (χ2v) is 9.77. The summed E-state index contributed by atoms with van der Waals surface area (Å²) < 4.78 is 0. The van der Waals surface area contributed by atoms with Gasteiger partial charge < -0.3 is 14.7 Å². The first-order chi connectivity index (χ1) is 14.0. The molecule has 1 aromatic heterocycles. The van der Waals surface area contributed by atoms with Crippen LogP contribution in [0.5, 0.6) is 0 Å². The zero-order chi connectivity index (χ0) is 20.4. The third-order valence-corrected chi connectivity index (χ3v) is 7.93. The number of carbonyl (C=O) groups is 3. The van der Waals surface area contributed by atoms with Gasteiger partial charge in [0.05, 0.1) is 10.8 Å². The minimum atomic E-state index is -0.115. The number of nitrogens with zero attached hydrogens (tertiary/aromatic N) is 3. The van der Waals surface area contributed by atoms with Crippen LogP contribution in [0, 0.1) is 11.3 Å². The van der Waals surface area contributed by atoms with Gasteiger partial charge in [-0.2, -0.15) is 0 Å². The minimum Gasteiger partial charge on any atom is -0.341 e. The summed E-state index contributed by atoms with van der Waals surface area (Å²) >= 11 is 1.47. The highest BCUT2D eigenvalue weighted by Crippen LogP contribution is 2.48. The average molecular weight is 418 g/mol. The Balaban J connectivity index is 1.52. The van der Waals surface area contributed by atoms with Crippen molar-refractivity contribution in [1.29, 1.82) is 0 Å². The zero-order valence-corrected chi connectivity index (χ0v) is 18.1. The summed E-state index contributed by atoms with van der Waals surface area (Å²) in [5.74, 6) is 0.227. The molecule has 1 atom stereocenters. The lowest BCUT2D eigenvalue weighted by molar-refractivity contribution is -0.139. The fourth-order valence-electron chi connectivity index (χ4n) is 5.46. The highest BCUT2D eigenvalue weighted by atomic mass is 32.1. The molecule has 1 spiro atoms. The molecule has 1 aromatic rings. The lowest BCUT2D eigenvalue weighted by atomic mass is 9.67. The van der Waals surface area contributed by atoms with Crippen LogP contribution >= 0.6 is 11.3 Å². The lowest BCUT2D eigenvalue weighted by Crippen LogP contribution is -2.46. The molecule has 29 heavy (non-hydrogen) atoms. The Morgan fingerprint density at radius 3 is 2.38 bits per heavy atom. The molecule has 4 rings (SSSR count).